The van der Waals surface area contributed by atoms with Crippen LogP contribution in [-0.2, 0) is 11.3 Å². The Bertz CT molecular complexity index is 973. The number of aromatic carboxylic acids is 1. The molecular formula is C16H15N5O4. The summed E-state index contributed by atoms with van der Waals surface area (Å²) in [4.78, 5) is 22.2. The van der Waals surface area contributed by atoms with E-state index in [9.17, 15) is 14.7 Å². The number of tetrazole rings is 1. The number of nitrogens with zero attached hydrogens (tertiary/aromatic N) is 5. The number of hydrogen-bond acceptors (Lipinski definition) is 5. The number of hydrogen-bond donors (Lipinski definition) is 2. The molecule has 2 N–H and O–H groups in total. The number of aliphatic carboxylic acids is 1. The van der Waals surface area contributed by atoms with Gasteiger partial charge < -0.3 is 14.8 Å². The molecule has 0 radical (unpaired) electrons. The summed E-state index contributed by atoms with van der Waals surface area (Å²) in [7, 11) is 0. The van der Waals surface area contributed by atoms with Crippen molar-refractivity contribution in [3.8, 4) is 17.1 Å². The zero-order chi connectivity index (χ0) is 18.1. The molecule has 0 unspecified atom stereocenters. The van der Waals surface area contributed by atoms with E-state index in [-0.39, 0.29) is 12.1 Å². The highest BCUT2D eigenvalue weighted by Crippen LogP contribution is 2.24. The van der Waals surface area contributed by atoms with Gasteiger partial charge in [0.1, 0.15) is 6.54 Å². The predicted molar refractivity (Wildman–Crippen MR) is 86.6 cm³/mol. The van der Waals surface area contributed by atoms with E-state index in [1.165, 1.54) is 4.68 Å². The summed E-state index contributed by atoms with van der Waals surface area (Å²) in [5.74, 6) is -1.71. The van der Waals surface area contributed by atoms with Gasteiger partial charge in [-0.1, -0.05) is 12.1 Å². The zero-order valence-electron chi connectivity index (χ0n) is 13.5. The lowest BCUT2D eigenvalue weighted by molar-refractivity contribution is -0.137. The number of rotatable bonds is 5. The average molecular weight is 341 g/mol. The third-order valence-electron chi connectivity index (χ3n) is 3.84. The van der Waals surface area contributed by atoms with Gasteiger partial charge in [-0.05, 0) is 42.5 Å². The molecular weight excluding hydrogens is 326 g/mol. The first kappa shape index (κ1) is 16.4. The van der Waals surface area contributed by atoms with Crippen molar-refractivity contribution in [2.75, 3.05) is 0 Å². The van der Waals surface area contributed by atoms with Crippen LogP contribution in [0, 0.1) is 13.8 Å². The molecule has 0 saturated heterocycles. The SMILES string of the molecule is Cc1cc(C(=O)O)c(C)n1-c1cccc(-c2nnnn2CC(=O)O)c1. The first-order valence-electron chi connectivity index (χ1n) is 7.39. The van der Waals surface area contributed by atoms with Gasteiger partial charge in [0.25, 0.3) is 0 Å². The third kappa shape index (κ3) is 2.99. The Morgan fingerprint density at radius 3 is 2.56 bits per heavy atom. The van der Waals surface area contributed by atoms with E-state index >= 15 is 0 Å². The highest BCUT2D eigenvalue weighted by Gasteiger charge is 2.17. The Labute approximate surface area is 142 Å². The molecule has 9 nitrogen and oxygen atoms in total. The first-order valence-corrected chi connectivity index (χ1v) is 7.39. The van der Waals surface area contributed by atoms with Crippen molar-refractivity contribution < 1.29 is 19.8 Å². The summed E-state index contributed by atoms with van der Waals surface area (Å²) < 4.78 is 3.01. The van der Waals surface area contributed by atoms with Crippen LogP contribution in [0.3, 0.4) is 0 Å². The van der Waals surface area contributed by atoms with E-state index < -0.39 is 11.9 Å². The summed E-state index contributed by atoms with van der Waals surface area (Å²) in [6.45, 7) is 3.20. The van der Waals surface area contributed by atoms with E-state index in [0.717, 1.165) is 11.4 Å². The second-order valence-electron chi connectivity index (χ2n) is 5.53. The molecule has 2 heterocycles. The number of carboxylic acids is 2. The smallest absolute Gasteiger partial charge is 0.337 e. The van der Waals surface area contributed by atoms with E-state index in [1.807, 2.05) is 17.6 Å². The molecule has 2 aromatic heterocycles. The Hall–Kier alpha value is -3.49. The Morgan fingerprint density at radius 2 is 1.92 bits per heavy atom. The second kappa shape index (κ2) is 6.19. The lowest BCUT2D eigenvalue weighted by Gasteiger charge is -2.11. The van der Waals surface area contributed by atoms with Crippen molar-refractivity contribution in [3.05, 3.63) is 47.3 Å². The third-order valence-corrected chi connectivity index (χ3v) is 3.84. The van der Waals surface area contributed by atoms with Gasteiger partial charge in [-0.3, -0.25) is 4.79 Å². The van der Waals surface area contributed by atoms with Crippen LogP contribution >= 0.6 is 0 Å². The summed E-state index contributed by atoms with van der Waals surface area (Å²) in [6, 6.07) is 8.78. The van der Waals surface area contributed by atoms with Gasteiger partial charge in [0.2, 0.25) is 0 Å². The van der Waals surface area contributed by atoms with Gasteiger partial charge in [0, 0.05) is 22.6 Å². The minimum Gasteiger partial charge on any atom is -0.480 e. The summed E-state index contributed by atoms with van der Waals surface area (Å²) in [5, 5.41) is 29.3. The molecule has 0 fully saturated rings. The van der Waals surface area contributed by atoms with Crippen molar-refractivity contribution >= 4 is 11.9 Å². The van der Waals surface area contributed by atoms with Gasteiger partial charge in [-0.25, -0.2) is 9.48 Å². The maximum atomic E-state index is 11.3. The highest BCUT2D eigenvalue weighted by atomic mass is 16.4. The fourth-order valence-corrected chi connectivity index (χ4v) is 2.81. The van der Waals surface area contributed by atoms with Gasteiger partial charge in [0.15, 0.2) is 5.82 Å². The average Bonchev–Trinajstić information content (AvgIpc) is 3.11. The van der Waals surface area contributed by atoms with Crippen molar-refractivity contribution in [2.24, 2.45) is 0 Å². The number of aromatic nitrogens is 5. The summed E-state index contributed by atoms with van der Waals surface area (Å²) in [5.41, 5.74) is 2.99. The monoisotopic (exact) mass is 341 g/mol. The van der Waals surface area contributed by atoms with Gasteiger partial charge in [-0.2, -0.15) is 0 Å². The molecule has 0 saturated carbocycles. The fourth-order valence-electron chi connectivity index (χ4n) is 2.81. The van der Waals surface area contributed by atoms with E-state index in [2.05, 4.69) is 15.5 Å². The van der Waals surface area contributed by atoms with E-state index in [4.69, 9.17) is 5.11 Å². The van der Waals surface area contributed by atoms with Crippen LogP contribution < -0.4 is 0 Å². The highest BCUT2D eigenvalue weighted by molar-refractivity contribution is 5.89. The molecule has 25 heavy (non-hydrogen) atoms. The Kier molecular flexibility index (Phi) is 4.05. The van der Waals surface area contributed by atoms with Crippen LogP contribution in [0.2, 0.25) is 0 Å². The molecule has 3 aromatic rings. The van der Waals surface area contributed by atoms with Crippen LogP contribution in [0.15, 0.2) is 30.3 Å². The molecule has 0 spiro atoms. The minimum atomic E-state index is -1.05. The van der Waals surface area contributed by atoms with Crippen LogP contribution in [-0.4, -0.2) is 46.9 Å². The maximum Gasteiger partial charge on any atom is 0.337 e. The van der Waals surface area contributed by atoms with Crippen LogP contribution in [0.5, 0.6) is 0 Å². The topological polar surface area (TPSA) is 123 Å². The molecule has 0 aliphatic rings. The lowest BCUT2D eigenvalue weighted by Crippen LogP contribution is -2.11. The molecule has 0 aliphatic heterocycles. The Morgan fingerprint density at radius 1 is 1.16 bits per heavy atom. The standard InChI is InChI=1S/C16H15N5O4/c1-9-6-13(16(24)25)10(2)21(9)12-5-3-4-11(7-12)15-17-18-19-20(15)8-14(22)23/h3-7H,8H2,1-2H3,(H,22,23)(H,24,25). The lowest BCUT2D eigenvalue weighted by atomic mass is 10.1. The largest absolute Gasteiger partial charge is 0.480 e. The maximum absolute atomic E-state index is 11.3. The minimum absolute atomic E-state index is 0.235. The van der Waals surface area contributed by atoms with E-state index in [1.54, 1.807) is 31.2 Å². The molecule has 0 bridgehead atoms. The van der Waals surface area contributed by atoms with Crippen molar-refractivity contribution in [1.29, 1.82) is 0 Å². The van der Waals surface area contributed by atoms with Gasteiger partial charge in [-0.15, -0.1) is 5.10 Å². The summed E-state index contributed by atoms with van der Waals surface area (Å²) >= 11 is 0. The molecule has 0 atom stereocenters. The molecule has 3 rings (SSSR count). The number of aryl methyl sites for hydroxylation is 1. The van der Waals surface area contributed by atoms with Crippen LogP contribution in [0.25, 0.3) is 17.1 Å². The van der Waals surface area contributed by atoms with E-state index in [0.29, 0.717) is 17.1 Å². The normalized spacial score (nSPS) is 10.8. The van der Waals surface area contributed by atoms with Crippen molar-refractivity contribution in [2.45, 2.75) is 20.4 Å². The van der Waals surface area contributed by atoms with Gasteiger partial charge >= 0.3 is 11.9 Å². The molecule has 1 aromatic carbocycles. The molecule has 0 amide bonds. The fraction of sp³-hybridized carbons (Fsp3) is 0.188. The van der Waals surface area contributed by atoms with Crippen molar-refractivity contribution in [1.82, 2.24) is 24.8 Å². The van der Waals surface area contributed by atoms with Crippen LogP contribution in [0.4, 0.5) is 0 Å². The zero-order valence-corrected chi connectivity index (χ0v) is 13.5. The molecule has 9 heteroatoms. The first-order chi connectivity index (χ1) is 11.9. The van der Waals surface area contributed by atoms with Crippen LogP contribution in [0.1, 0.15) is 21.7 Å². The second-order valence-corrected chi connectivity index (χ2v) is 5.53. The van der Waals surface area contributed by atoms with Crippen molar-refractivity contribution in [3.63, 3.8) is 0 Å². The Balaban J connectivity index is 2.09. The summed E-state index contributed by atoms with van der Waals surface area (Å²) in [6.07, 6.45) is 0. The number of carbonyl (C=O) groups is 2. The number of carboxylic acid groups (broad SMARTS) is 2. The number of benzene rings is 1. The predicted octanol–water partition coefficient (Wildman–Crippen LogP) is 1.53. The van der Waals surface area contributed by atoms with Gasteiger partial charge in [0.05, 0.1) is 5.56 Å². The molecule has 0 aliphatic carbocycles. The molecule has 128 valence electrons. The quantitative estimate of drug-likeness (QED) is 0.721.